The zero-order chi connectivity index (χ0) is 15.1. The minimum Gasteiger partial charge on any atom is -0.391 e. The van der Waals surface area contributed by atoms with Crippen molar-refractivity contribution in [2.75, 3.05) is 13.1 Å². The zero-order valence-electron chi connectivity index (χ0n) is 12.5. The summed E-state index contributed by atoms with van der Waals surface area (Å²) in [5.74, 6) is 0.383. The Balaban J connectivity index is 2.31. The van der Waals surface area contributed by atoms with Gasteiger partial charge in [-0.25, -0.2) is 8.42 Å². The Hall–Kier alpha value is -0.430. The van der Waals surface area contributed by atoms with Crippen molar-refractivity contribution in [1.29, 1.82) is 0 Å². The summed E-state index contributed by atoms with van der Waals surface area (Å²) in [6, 6.07) is 0. The van der Waals surface area contributed by atoms with Gasteiger partial charge in [-0.3, -0.25) is 0 Å². The second-order valence-electron chi connectivity index (χ2n) is 6.54. The predicted octanol–water partition coefficient (Wildman–Crippen LogP) is 2.61. The van der Waals surface area contributed by atoms with Crippen molar-refractivity contribution in [3.05, 3.63) is 15.8 Å². The molecule has 1 atom stereocenters. The van der Waals surface area contributed by atoms with E-state index in [1.807, 2.05) is 0 Å². The van der Waals surface area contributed by atoms with Crippen molar-refractivity contribution >= 4 is 21.4 Å². The van der Waals surface area contributed by atoms with Crippen molar-refractivity contribution in [3.8, 4) is 0 Å². The number of hydrogen-bond acceptors (Lipinski definition) is 4. The van der Waals surface area contributed by atoms with E-state index >= 15 is 0 Å². The molecule has 0 aliphatic carbocycles. The van der Waals surface area contributed by atoms with Crippen molar-refractivity contribution < 1.29 is 13.5 Å². The lowest BCUT2D eigenvalue weighted by Gasteiger charge is -2.27. The molecule has 1 aliphatic heterocycles. The highest BCUT2D eigenvalue weighted by molar-refractivity contribution is 7.89. The van der Waals surface area contributed by atoms with Gasteiger partial charge in [-0.15, -0.1) is 11.3 Å². The summed E-state index contributed by atoms with van der Waals surface area (Å²) in [5, 5.41) is 11.1. The van der Waals surface area contributed by atoms with Crippen LogP contribution in [0.15, 0.2) is 10.3 Å². The average Bonchev–Trinajstić information content (AvgIpc) is 2.94. The van der Waals surface area contributed by atoms with Crippen LogP contribution in [0.2, 0.25) is 0 Å². The molecule has 1 saturated heterocycles. The number of aryl methyl sites for hydroxylation is 1. The molecule has 114 valence electrons. The summed E-state index contributed by atoms with van der Waals surface area (Å²) >= 11 is 1.31. The summed E-state index contributed by atoms with van der Waals surface area (Å²) in [6.45, 7) is 9.19. The molecule has 4 nitrogen and oxygen atoms in total. The highest BCUT2D eigenvalue weighted by Gasteiger charge is 2.39. The average molecular weight is 317 g/mol. The lowest BCUT2D eigenvalue weighted by molar-refractivity contribution is 0.251. The van der Waals surface area contributed by atoms with Crippen molar-refractivity contribution in [2.24, 2.45) is 11.3 Å². The van der Waals surface area contributed by atoms with Crippen LogP contribution in [0.25, 0.3) is 0 Å². The minimum absolute atomic E-state index is 0.119. The van der Waals surface area contributed by atoms with Gasteiger partial charge >= 0.3 is 0 Å². The zero-order valence-corrected chi connectivity index (χ0v) is 14.1. The number of nitrogens with zero attached hydrogens (tertiary/aromatic N) is 1. The molecule has 1 aromatic rings. The second kappa shape index (κ2) is 5.40. The normalized spacial score (nSPS) is 21.6. The first kappa shape index (κ1) is 15.9. The Kier molecular flexibility index (Phi) is 4.31. The third-order valence-corrected chi connectivity index (χ3v) is 7.42. The molecule has 0 saturated carbocycles. The highest BCUT2D eigenvalue weighted by Crippen LogP contribution is 2.37. The highest BCUT2D eigenvalue weighted by atomic mass is 32.2. The van der Waals surface area contributed by atoms with Crippen LogP contribution in [-0.2, 0) is 16.6 Å². The van der Waals surface area contributed by atoms with Crippen LogP contribution < -0.4 is 0 Å². The third kappa shape index (κ3) is 2.79. The molecule has 6 heteroatoms. The van der Waals surface area contributed by atoms with Crippen LogP contribution in [0.1, 0.15) is 37.6 Å². The van der Waals surface area contributed by atoms with Gasteiger partial charge in [-0.05, 0) is 35.6 Å². The Labute approximate surface area is 125 Å². The van der Waals surface area contributed by atoms with Gasteiger partial charge in [0.25, 0.3) is 0 Å². The van der Waals surface area contributed by atoms with Gasteiger partial charge in [-0.1, -0.05) is 20.8 Å². The van der Waals surface area contributed by atoms with E-state index in [2.05, 4.69) is 20.8 Å². The number of hydrogen-bond donors (Lipinski definition) is 1. The summed E-state index contributed by atoms with van der Waals surface area (Å²) in [6.07, 6.45) is 0.903. The second-order valence-corrected chi connectivity index (χ2v) is 9.38. The molecule has 20 heavy (non-hydrogen) atoms. The van der Waals surface area contributed by atoms with Gasteiger partial charge in [0, 0.05) is 13.1 Å². The molecule has 1 aliphatic rings. The molecule has 0 radical (unpaired) electrons. The van der Waals surface area contributed by atoms with E-state index in [9.17, 15) is 13.5 Å². The number of sulfonamides is 1. The Bertz CT molecular complexity index is 584. The van der Waals surface area contributed by atoms with Gasteiger partial charge in [-0.2, -0.15) is 4.31 Å². The fourth-order valence-corrected chi connectivity index (χ4v) is 5.84. The van der Waals surface area contributed by atoms with Crippen LogP contribution in [0.5, 0.6) is 0 Å². The lowest BCUT2D eigenvalue weighted by Crippen LogP contribution is -2.31. The number of rotatable bonds is 3. The lowest BCUT2D eigenvalue weighted by atomic mass is 9.80. The van der Waals surface area contributed by atoms with Gasteiger partial charge in [0.1, 0.15) is 4.90 Å². The fourth-order valence-electron chi connectivity index (χ4n) is 2.73. The first-order chi connectivity index (χ1) is 9.17. The standard InChI is InChI=1S/C14H23NO3S2/c1-10-9-19-12(8-16)13(10)20(17,18)15-6-5-11(7-15)14(2,3)4/h9,11,16H,5-8H2,1-4H3. The molecule has 2 rings (SSSR count). The van der Waals surface area contributed by atoms with E-state index < -0.39 is 10.0 Å². The van der Waals surface area contributed by atoms with Gasteiger partial charge in [0.2, 0.25) is 10.0 Å². The quantitative estimate of drug-likeness (QED) is 0.932. The third-order valence-electron chi connectivity index (χ3n) is 4.11. The van der Waals surface area contributed by atoms with Gasteiger partial charge in [0.05, 0.1) is 11.5 Å². The predicted molar refractivity (Wildman–Crippen MR) is 81.3 cm³/mol. The van der Waals surface area contributed by atoms with E-state index in [1.165, 1.54) is 11.3 Å². The first-order valence-corrected chi connectivity index (χ1v) is 9.18. The molecule has 1 fully saturated rings. The molecule has 0 bridgehead atoms. The molecule has 2 heterocycles. The largest absolute Gasteiger partial charge is 0.391 e. The number of aliphatic hydroxyl groups is 1. The van der Waals surface area contributed by atoms with Crippen LogP contribution in [0, 0.1) is 18.3 Å². The summed E-state index contributed by atoms with van der Waals surface area (Å²) in [5.41, 5.74) is 0.853. The van der Waals surface area contributed by atoms with Crippen molar-refractivity contribution in [2.45, 2.75) is 45.6 Å². The maximum Gasteiger partial charge on any atom is 0.244 e. The molecule has 0 aromatic carbocycles. The Morgan fingerprint density at radius 1 is 1.45 bits per heavy atom. The van der Waals surface area contributed by atoms with Crippen LogP contribution >= 0.6 is 11.3 Å². The minimum atomic E-state index is -3.48. The van der Waals surface area contributed by atoms with E-state index in [0.717, 1.165) is 12.0 Å². The molecule has 0 amide bonds. The summed E-state index contributed by atoms with van der Waals surface area (Å²) in [4.78, 5) is 0.862. The van der Waals surface area contributed by atoms with E-state index in [-0.39, 0.29) is 12.0 Å². The first-order valence-electron chi connectivity index (χ1n) is 6.86. The van der Waals surface area contributed by atoms with Gasteiger partial charge in [0.15, 0.2) is 0 Å². The summed E-state index contributed by atoms with van der Waals surface area (Å²) < 4.78 is 27.2. The SMILES string of the molecule is Cc1csc(CO)c1S(=O)(=O)N1CCC(C(C)(C)C)C1. The van der Waals surface area contributed by atoms with Gasteiger partial charge < -0.3 is 5.11 Å². The monoisotopic (exact) mass is 317 g/mol. The molecule has 1 unspecified atom stereocenters. The number of aliphatic hydroxyl groups excluding tert-OH is 1. The van der Waals surface area contributed by atoms with Crippen LogP contribution in [0.3, 0.4) is 0 Å². The van der Waals surface area contributed by atoms with Crippen molar-refractivity contribution in [3.63, 3.8) is 0 Å². The number of thiophene rings is 1. The topological polar surface area (TPSA) is 57.6 Å². The Morgan fingerprint density at radius 3 is 2.60 bits per heavy atom. The molecule has 1 aromatic heterocycles. The smallest absolute Gasteiger partial charge is 0.244 e. The molecular formula is C14H23NO3S2. The molecule has 0 spiro atoms. The maximum atomic E-state index is 12.8. The van der Waals surface area contributed by atoms with E-state index in [1.54, 1.807) is 16.6 Å². The maximum absolute atomic E-state index is 12.8. The van der Waals surface area contributed by atoms with Crippen LogP contribution in [-0.4, -0.2) is 30.9 Å². The van der Waals surface area contributed by atoms with Crippen molar-refractivity contribution in [1.82, 2.24) is 4.31 Å². The summed E-state index contributed by atoms with van der Waals surface area (Å²) in [7, 11) is -3.48. The van der Waals surface area contributed by atoms with E-state index in [0.29, 0.717) is 28.8 Å². The van der Waals surface area contributed by atoms with Crippen LogP contribution in [0.4, 0.5) is 0 Å². The fraction of sp³-hybridized carbons (Fsp3) is 0.714. The Morgan fingerprint density at radius 2 is 2.10 bits per heavy atom. The molecule has 1 N–H and O–H groups in total. The van der Waals surface area contributed by atoms with E-state index in [4.69, 9.17) is 0 Å². The molecular weight excluding hydrogens is 294 g/mol.